The second-order valence-electron chi connectivity index (χ2n) is 7.83. The molecule has 0 radical (unpaired) electrons. The first-order valence-corrected chi connectivity index (χ1v) is 11.2. The molecule has 31 heavy (non-hydrogen) atoms. The predicted octanol–water partition coefficient (Wildman–Crippen LogP) is 7.01. The molecule has 0 bridgehead atoms. The number of benzene rings is 2. The van der Waals surface area contributed by atoms with Crippen LogP contribution in [0.3, 0.4) is 0 Å². The van der Waals surface area contributed by atoms with Crippen molar-refractivity contribution in [3.8, 4) is 11.3 Å². The zero-order valence-corrected chi connectivity index (χ0v) is 20.2. The van der Waals surface area contributed by atoms with E-state index in [1.165, 1.54) is 29.0 Å². The van der Waals surface area contributed by atoms with Gasteiger partial charge in [0.15, 0.2) is 5.13 Å². The number of halogens is 1. The Bertz CT molecular complexity index is 1170. The second kappa shape index (κ2) is 9.28. The zero-order chi connectivity index (χ0) is 20.5. The maximum atomic E-state index is 5.00. The molecule has 0 saturated heterocycles. The van der Waals surface area contributed by atoms with Gasteiger partial charge in [-0.05, 0) is 56.4 Å². The fourth-order valence-corrected chi connectivity index (χ4v) is 5.22. The molecule has 0 saturated carbocycles. The highest BCUT2D eigenvalue weighted by atomic mass is 79.9. The lowest BCUT2D eigenvalue weighted by Gasteiger charge is -2.21. The van der Waals surface area contributed by atoms with Crippen molar-refractivity contribution in [2.45, 2.75) is 39.0 Å². The molecule has 0 fully saturated rings. The van der Waals surface area contributed by atoms with E-state index in [1.54, 1.807) is 11.3 Å². The van der Waals surface area contributed by atoms with Crippen LogP contribution in [0.1, 0.15) is 46.3 Å². The molecule has 1 unspecified atom stereocenters. The first kappa shape index (κ1) is 21.7. The summed E-state index contributed by atoms with van der Waals surface area (Å²) >= 11 is 1.79. The van der Waals surface area contributed by atoms with Gasteiger partial charge in [-0.3, -0.25) is 0 Å². The van der Waals surface area contributed by atoms with Gasteiger partial charge < -0.3 is 5.32 Å². The maximum Gasteiger partial charge on any atom is 0.187 e. The summed E-state index contributed by atoms with van der Waals surface area (Å²) in [6, 6.07) is 19.2. The number of thiazole rings is 1. The Balaban J connectivity index is 0.00000231. The molecule has 2 heterocycles. The van der Waals surface area contributed by atoms with Crippen LogP contribution in [0.5, 0.6) is 0 Å². The van der Waals surface area contributed by atoms with Crippen LogP contribution in [0.25, 0.3) is 11.3 Å². The lowest BCUT2D eigenvalue weighted by atomic mass is 9.85. The number of fused-ring (bicyclic) bond motifs is 1. The van der Waals surface area contributed by atoms with Crippen LogP contribution in [0.15, 0.2) is 60.8 Å². The molecule has 1 aliphatic carbocycles. The quantitative estimate of drug-likeness (QED) is 0.332. The Kier molecular flexibility index (Phi) is 6.49. The number of nitrogens with zero attached hydrogens (tertiary/aromatic N) is 3. The summed E-state index contributed by atoms with van der Waals surface area (Å²) in [6.07, 6.45) is 5.41. The largest absolute Gasteiger partial charge is 0.332 e. The van der Waals surface area contributed by atoms with Crippen LogP contribution in [0, 0.1) is 13.8 Å². The van der Waals surface area contributed by atoms with Gasteiger partial charge in [-0.1, -0.05) is 42.5 Å². The van der Waals surface area contributed by atoms with E-state index in [1.807, 2.05) is 20.0 Å². The molecule has 0 aliphatic heterocycles. The molecule has 6 heteroatoms. The van der Waals surface area contributed by atoms with Crippen LogP contribution >= 0.6 is 28.3 Å². The van der Waals surface area contributed by atoms with E-state index in [4.69, 9.17) is 4.98 Å². The normalized spacial score (nSPS) is 15.1. The van der Waals surface area contributed by atoms with E-state index < -0.39 is 0 Å². The van der Waals surface area contributed by atoms with Crippen molar-refractivity contribution in [3.63, 3.8) is 0 Å². The molecule has 158 valence electrons. The lowest BCUT2D eigenvalue weighted by Crippen LogP contribution is -2.09. The molecular formula is C25H25BrN4S. The van der Waals surface area contributed by atoms with E-state index >= 15 is 0 Å². The highest BCUT2D eigenvalue weighted by Gasteiger charge is 2.26. The third-order valence-electron chi connectivity index (χ3n) is 5.66. The topological polar surface area (TPSA) is 50.7 Å². The number of hydrogen-bond donors (Lipinski definition) is 1. The second-order valence-corrected chi connectivity index (χ2v) is 8.92. The Labute approximate surface area is 197 Å². The summed E-state index contributed by atoms with van der Waals surface area (Å²) in [6.45, 7) is 3.97. The fraction of sp³-hybridized carbons (Fsp3) is 0.240. The first-order chi connectivity index (χ1) is 14.7. The molecule has 1 atom stereocenters. The van der Waals surface area contributed by atoms with Crippen LogP contribution in [0.2, 0.25) is 0 Å². The van der Waals surface area contributed by atoms with Gasteiger partial charge in [0.05, 0.1) is 11.4 Å². The van der Waals surface area contributed by atoms with Crippen LogP contribution in [0.4, 0.5) is 10.8 Å². The van der Waals surface area contributed by atoms with E-state index in [0.717, 1.165) is 39.9 Å². The molecule has 1 N–H and O–H groups in total. The van der Waals surface area contributed by atoms with E-state index in [9.17, 15) is 0 Å². The minimum absolute atomic E-state index is 0. The van der Waals surface area contributed by atoms with Gasteiger partial charge in [0.25, 0.3) is 0 Å². The van der Waals surface area contributed by atoms with Gasteiger partial charge in [0.1, 0.15) is 5.82 Å². The van der Waals surface area contributed by atoms with E-state index in [0.29, 0.717) is 5.92 Å². The summed E-state index contributed by atoms with van der Waals surface area (Å²) in [5.41, 5.74) is 6.85. The molecule has 0 spiro atoms. The smallest absolute Gasteiger partial charge is 0.187 e. The summed E-state index contributed by atoms with van der Waals surface area (Å²) < 4.78 is 0. The van der Waals surface area contributed by atoms with Gasteiger partial charge in [-0.2, -0.15) is 0 Å². The van der Waals surface area contributed by atoms with Crippen molar-refractivity contribution in [2.24, 2.45) is 0 Å². The Morgan fingerprint density at radius 2 is 1.74 bits per heavy atom. The highest BCUT2D eigenvalue weighted by Crippen LogP contribution is 2.40. The number of anilines is 2. The van der Waals surface area contributed by atoms with Crippen LogP contribution < -0.4 is 5.32 Å². The number of nitrogens with one attached hydrogen (secondary N) is 1. The molecule has 2 aromatic carbocycles. The van der Waals surface area contributed by atoms with Gasteiger partial charge in [0.2, 0.25) is 0 Å². The monoisotopic (exact) mass is 492 g/mol. The molecule has 2 aromatic heterocycles. The number of rotatable bonds is 4. The lowest BCUT2D eigenvalue weighted by molar-refractivity contribution is 0.610. The zero-order valence-electron chi connectivity index (χ0n) is 17.6. The average molecular weight is 493 g/mol. The van der Waals surface area contributed by atoms with Crippen molar-refractivity contribution in [1.29, 1.82) is 0 Å². The molecule has 1 aliphatic rings. The standard InChI is InChI=1S/C25H24N4S.BrH/c1-16-15-26-17(2)27-23(16)19-11-13-20(14-12-19)28-25-29-24-21(9-6-10-22(24)30-25)18-7-4-3-5-8-18;/h3-5,7-8,11-15,21H,6,9-10H2,1-2H3,(H,28,29);1H. The van der Waals surface area contributed by atoms with Crippen molar-refractivity contribution in [2.75, 3.05) is 5.32 Å². The average Bonchev–Trinajstić information content (AvgIpc) is 3.19. The Morgan fingerprint density at radius 1 is 0.968 bits per heavy atom. The van der Waals surface area contributed by atoms with E-state index in [2.05, 4.69) is 69.9 Å². The maximum absolute atomic E-state index is 5.00. The summed E-state index contributed by atoms with van der Waals surface area (Å²) in [7, 11) is 0. The number of aryl methyl sites for hydroxylation is 3. The summed E-state index contributed by atoms with van der Waals surface area (Å²) in [5.74, 6) is 1.20. The van der Waals surface area contributed by atoms with Gasteiger partial charge in [0, 0.05) is 28.2 Å². The van der Waals surface area contributed by atoms with Gasteiger partial charge in [-0.15, -0.1) is 28.3 Å². The predicted molar refractivity (Wildman–Crippen MR) is 134 cm³/mol. The number of hydrogen-bond acceptors (Lipinski definition) is 5. The van der Waals surface area contributed by atoms with Crippen molar-refractivity contribution >= 4 is 39.1 Å². The third-order valence-corrected chi connectivity index (χ3v) is 6.70. The Morgan fingerprint density at radius 3 is 2.52 bits per heavy atom. The van der Waals surface area contributed by atoms with Crippen molar-refractivity contribution in [1.82, 2.24) is 15.0 Å². The van der Waals surface area contributed by atoms with Crippen LogP contribution in [-0.4, -0.2) is 15.0 Å². The third kappa shape index (κ3) is 4.55. The fourth-order valence-electron chi connectivity index (χ4n) is 4.14. The Hall–Kier alpha value is -2.57. The minimum atomic E-state index is 0. The minimum Gasteiger partial charge on any atom is -0.332 e. The SMILES string of the molecule is Br.Cc1ncc(C)c(-c2ccc(Nc3nc4c(s3)CCCC4c3ccccc3)cc2)n1. The first-order valence-electron chi connectivity index (χ1n) is 10.4. The summed E-state index contributed by atoms with van der Waals surface area (Å²) in [4.78, 5) is 15.3. The van der Waals surface area contributed by atoms with Crippen molar-refractivity contribution < 1.29 is 0 Å². The number of aromatic nitrogens is 3. The van der Waals surface area contributed by atoms with Gasteiger partial charge >= 0.3 is 0 Å². The van der Waals surface area contributed by atoms with Crippen molar-refractivity contribution in [3.05, 3.63) is 88.3 Å². The molecule has 4 aromatic rings. The van der Waals surface area contributed by atoms with Gasteiger partial charge in [-0.25, -0.2) is 15.0 Å². The molecule has 5 rings (SSSR count). The highest BCUT2D eigenvalue weighted by molar-refractivity contribution is 8.93. The van der Waals surface area contributed by atoms with Crippen LogP contribution in [-0.2, 0) is 6.42 Å². The molecular weight excluding hydrogens is 468 g/mol. The summed E-state index contributed by atoms with van der Waals surface area (Å²) in [5, 5.41) is 4.49. The molecule has 4 nitrogen and oxygen atoms in total. The molecule has 0 amide bonds. The van der Waals surface area contributed by atoms with E-state index in [-0.39, 0.29) is 17.0 Å².